The summed E-state index contributed by atoms with van der Waals surface area (Å²) in [6.07, 6.45) is -15.3. The third-order valence-corrected chi connectivity index (χ3v) is 5.39. The van der Waals surface area contributed by atoms with Crippen LogP contribution in [0.25, 0.3) is 0 Å². The molecule has 0 bridgehead atoms. The second-order valence-electron chi connectivity index (χ2n) is 7.83. The van der Waals surface area contributed by atoms with Gasteiger partial charge in [0.15, 0.2) is 6.29 Å². The summed E-state index contributed by atoms with van der Waals surface area (Å²) in [5.74, 6) is -0.0144. The van der Waals surface area contributed by atoms with Crippen LogP contribution in [0.2, 0.25) is 0 Å². The second-order valence-corrected chi connectivity index (χ2v) is 7.83. The summed E-state index contributed by atoms with van der Waals surface area (Å²) in [6.45, 7) is 0.000118. The van der Waals surface area contributed by atoms with Crippen molar-refractivity contribution in [2.24, 2.45) is 0 Å². The molecule has 1 aromatic carbocycles. The maximum absolute atomic E-state index is 11.1. The van der Waals surface area contributed by atoms with Crippen LogP contribution in [0.5, 0.6) is 5.75 Å². The van der Waals surface area contributed by atoms with Gasteiger partial charge in [-0.3, -0.25) is 4.79 Å². The van der Waals surface area contributed by atoms with Gasteiger partial charge in [-0.15, -0.1) is 0 Å². The SMILES string of the molecule is CC(=O)Nc1ccc(O[C@H]2O[C@H](CO)[C@@H](O[C@@H]3O[C@H](CO)[C@H](O)[C@H](O)[C@H]3O)[C@H](O)[C@@H]2O)cc1. The average molecular weight is 475 g/mol. The van der Waals surface area contributed by atoms with Crippen LogP contribution in [0, 0.1) is 0 Å². The van der Waals surface area contributed by atoms with Crippen LogP contribution in [-0.4, -0.2) is 116 Å². The van der Waals surface area contributed by atoms with Crippen LogP contribution < -0.4 is 10.1 Å². The van der Waals surface area contributed by atoms with Gasteiger partial charge in [-0.1, -0.05) is 0 Å². The summed E-state index contributed by atoms with van der Waals surface area (Å²) < 4.78 is 21.8. The lowest BCUT2D eigenvalue weighted by Crippen LogP contribution is -2.65. The molecule has 13 heteroatoms. The Balaban J connectivity index is 1.68. The van der Waals surface area contributed by atoms with E-state index >= 15 is 0 Å². The minimum absolute atomic E-state index is 0.241. The molecule has 1 amide bonds. The molecule has 3 rings (SSSR count). The number of rotatable bonds is 7. The average Bonchev–Trinajstić information content (AvgIpc) is 2.79. The van der Waals surface area contributed by atoms with Crippen LogP contribution in [0.15, 0.2) is 24.3 Å². The summed E-state index contributed by atoms with van der Waals surface area (Å²) >= 11 is 0. The number of hydrogen-bond donors (Lipinski definition) is 8. The number of anilines is 1. The van der Waals surface area contributed by atoms with Crippen molar-refractivity contribution in [3.63, 3.8) is 0 Å². The molecule has 0 aliphatic carbocycles. The Hall–Kier alpha value is -1.91. The predicted octanol–water partition coefficient (Wildman–Crippen LogP) is -3.35. The zero-order valence-corrected chi connectivity index (χ0v) is 17.7. The van der Waals surface area contributed by atoms with Crippen molar-refractivity contribution in [1.29, 1.82) is 0 Å². The van der Waals surface area contributed by atoms with E-state index in [2.05, 4.69) is 5.32 Å². The zero-order chi connectivity index (χ0) is 24.3. The van der Waals surface area contributed by atoms with Gasteiger partial charge in [0.25, 0.3) is 0 Å². The number of aliphatic hydroxyl groups excluding tert-OH is 7. The molecule has 2 saturated heterocycles. The molecule has 13 nitrogen and oxygen atoms in total. The molecule has 2 fully saturated rings. The topological polar surface area (TPSA) is 208 Å². The molecule has 0 unspecified atom stereocenters. The van der Waals surface area contributed by atoms with Gasteiger partial charge < -0.3 is 60.0 Å². The number of benzene rings is 1. The number of nitrogens with one attached hydrogen (secondary N) is 1. The molecular weight excluding hydrogens is 446 g/mol. The van der Waals surface area contributed by atoms with Crippen LogP contribution in [0.3, 0.4) is 0 Å². The van der Waals surface area contributed by atoms with Crippen molar-refractivity contribution in [2.75, 3.05) is 18.5 Å². The molecule has 33 heavy (non-hydrogen) atoms. The van der Waals surface area contributed by atoms with Gasteiger partial charge in [-0.25, -0.2) is 0 Å². The Morgan fingerprint density at radius 2 is 1.42 bits per heavy atom. The third kappa shape index (κ3) is 5.78. The van der Waals surface area contributed by atoms with Gasteiger partial charge in [-0.2, -0.15) is 0 Å². The molecule has 2 aliphatic rings. The van der Waals surface area contributed by atoms with Gasteiger partial charge in [-0.05, 0) is 24.3 Å². The molecule has 2 heterocycles. The minimum Gasteiger partial charge on any atom is -0.462 e. The number of amides is 1. The Kier molecular flexibility index (Phi) is 8.58. The highest BCUT2D eigenvalue weighted by molar-refractivity contribution is 5.88. The van der Waals surface area contributed by atoms with Crippen molar-refractivity contribution >= 4 is 11.6 Å². The molecule has 1 aromatic rings. The largest absolute Gasteiger partial charge is 0.462 e. The summed E-state index contributed by atoms with van der Waals surface area (Å²) in [7, 11) is 0. The van der Waals surface area contributed by atoms with E-state index in [-0.39, 0.29) is 11.7 Å². The quantitative estimate of drug-likeness (QED) is 0.195. The lowest BCUT2D eigenvalue weighted by Gasteiger charge is -2.45. The van der Waals surface area contributed by atoms with Crippen LogP contribution in [-0.2, 0) is 19.0 Å². The lowest BCUT2D eigenvalue weighted by atomic mass is 9.97. The molecule has 0 spiro atoms. The van der Waals surface area contributed by atoms with Crippen LogP contribution in [0.1, 0.15) is 6.92 Å². The van der Waals surface area contributed by atoms with Gasteiger partial charge in [0, 0.05) is 12.6 Å². The molecular formula is C20H29NO12. The van der Waals surface area contributed by atoms with E-state index in [0.717, 1.165) is 0 Å². The second kappa shape index (κ2) is 11.0. The Morgan fingerprint density at radius 3 is 2.00 bits per heavy atom. The number of ether oxygens (including phenoxy) is 4. The molecule has 186 valence electrons. The normalized spacial score (nSPS) is 39.2. The number of carbonyl (C=O) groups excluding carboxylic acids is 1. The van der Waals surface area contributed by atoms with Gasteiger partial charge in [0.05, 0.1) is 13.2 Å². The Morgan fingerprint density at radius 1 is 0.848 bits per heavy atom. The van der Waals surface area contributed by atoms with Gasteiger partial charge >= 0.3 is 0 Å². The predicted molar refractivity (Wildman–Crippen MR) is 108 cm³/mol. The fourth-order valence-corrected chi connectivity index (χ4v) is 3.61. The first kappa shape index (κ1) is 25.7. The molecule has 10 atom stereocenters. The van der Waals surface area contributed by atoms with Crippen LogP contribution in [0.4, 0.5) is 5.69 Å². The van der Waals surface area contributed by atoms with Crippen molar-refractivity contribution < 1.29 is 59.5 Å². The molecule has 0 saturated carbocycles. The first-order chi connectivity index (χ1) is 15.7. The zero-order valence-electron chi connectivity index (χ0n) is 17.7. The fraction of sp³-hybridized carbons (Fsp3) is 0.650. The van der Waals surface area contributed by atoms with E-state index in [1.807, 2.05) is 0 Å². The lowest BCUT2D eigenvalue weighted by molar-refractivity contribution is -0.352. The highest BCUT2D eigenvalue weighted by atomic mass is 16.7. The molecule has 2 aliphatic heterocycles. The van der Waals surface area contributed by atoms with E-state index in [0.29, 0.717) is 5.69 Å². The number of aliphatic hydroxyl groups is 7. The Bertz CT molecular complexity index is 775. The van der Waals surface area contributed by atoms with Crippen molar-refractivity contribution in [3.8, 4) is 5.75 Å². The first-order valence-electron chi connectivity index (χ1n) is 10.3. The fourth-order valence-electron chi connectivity index (χ4n) is 3.61. The molecule has 8 N–H and O–H groups in total. The molecule has 0 aromatic heterocycles. The summed E-state index contributed by atoms with van der Waals surface area (Å²) in [6, 6.07) is 6.10. The van der Waals surface area contributed by atoms with E-state index < -0.39 is 74.6 Å². The van der Waals surface area contributed by atoms with E-state index in [1.165, 1.54) is 19.1 Å². The van der Waals surface area contributed by atoms with E-state index in [1.54, 1.807) is 12.1 Å². The third-order valence-electron chi connectivity index (χ3n) is 5.39. The monoisotopic (exact) mass is 475 g/mol. The van der Waals surface area contributed by atoms with Crippen molar-refractivity contribution in [3.05, 3.63) is 24.3 Å². The molecule has 0 radical (unpaired) electrons. The van der Waals surface area contributed by atoms with Crippen LogP contribution >= 0.6 is 0 Å². The first-order valence-corrected chi connectivity index (χ1v) is 10.3. The van der Waals surface area contributed by atoms with E-state index in [9.17, 15) is 40.5 Å². The standard InChI is InChI=1S/C20H29NO12/c1-8(24)21-9-2-4-10(5-3-9)30-19-17(29)15(27)18(12(7-23)32-19)33-20-16(28)14(26)13(25)11(6-22)31-20/h2-5,11-20,22-23,25-29H,6-7H2,1H3,(H,21,24)/t11-,12-,13+,14+,15-,16-,17+,18-,19+,20+/m1/s1. The maximum Gasteiger partial charge on any atom is 0.229 e. The van der Waals surface area contributed by atoms with Crippen molar-refractivity contribution in [2.45, 2.75) is 68.3 Å². The maximum atomic E-state index is 11.1. The summed E-state index contributed by atoms with van der Waals surface area (Å²) in [4.78, 5) is 11.1. The minimum atomic E-state index is -1.75. The summed E-state index contributed by atoms with van der Waals surface area (Å²) in [5, 5.41) is 72.6. The highest BCUT2D eigenvalue weighted by Crippen LogP contribution is 2.30. The summed E-state index contributed by atoms with van der Waals surface area (Å²) in [5.41, 5.74) is 0.515. The van der Waals surface area contributed by atoms with Crippen molar-refractivity contribution in [1.82, 2.24) is 0 Å². The van der Waals surface area contributed by atoms with Gasteiger partial charge in [0.2, 0.25) is 12.2 Å². The highest BCUT2D eigenvalue weighted by Gasteiger charge is 2.51. The smallest absolute Gasteiger partial charge is 0.229 e. The number of carbonyl (C=O) groups is 1. The van der Waals surface area contributed by atoms with Gasteiger partial charge in [0.1, 0.15) is 54.6 Å². The van der Waals surface area contributed by atoms with E-state index in [4.69, 9.17) is 18.9 Å². The Labute approximate surface area is 188 Å². The number of hydrogen-bond acceptors (Lipinski definition) is 12.